The average molecular weight is 154 g/mol. The van der Waals surface area contributed by atoms with Gasteiger partial charge in [0.1, 0.15) is 0 Å². The van der Waals surface area contributed by atoms with Crippen LogP contribution < -0.4 is 5.32 Å². The first-order valence-electron chi connectivity index (χ1n) is 4.00. The van der Waals surface area contributed by atoms with E-state index in [1.807, 2.05) is 27.1 Å². The van der Waals surface area contributed by atoms with Crippen molar-refractivity contribution in [3.8, 4) is 0 Å². The molecule has 1 N–H and O–H groups in total. The first kappa shape index (κ1) is 10.2. The van der Waals surface area contributed by atoms with Gasteiger partial charge in [-0.25, -0.2) is 0 Å². The minimum Gasteiger partial charge on any atom is -0.390 e. The molecule has 0 saturated carbocycles. The third kappa shape index (κ3) is 3.21. The quantitative estimate of drug-likeness (QED) is 0.619. The highest BCUT2D eigenvalue weighted by molar-refractivity contribution is 5.55. The number of hydrogen-bond acceptors (Lipinski definition) is 2. The van der Waals surface area contributed by atoms with Gasteiger partial charge in [0.15, 0.2) is 0 Å². The summed E-state index contributed by atoms with van der Waals surface area (Å²) in [7, 11) is 1.92. The summed E-state index contributed by atoms with van der Waals surface area (Å²) in [5, 5.41) is 3.10. The van der Waals surface area contributed by atoms with Crippen molar-refractivity contribution in [2.75, 3.05) is 7.05 Å². The van der Waals surface area contributed by atoms with Gasteiger partial charge in [-0.3, -0.25) is 4.99 Å². The minimum absolute atomic E-state index is 0.485. The summed E-state index contributed by atoms with van der Waals surface area (Å²) in [5.41, 5.74) is 2.29. The molecule has 0 rings (SSSR count). The SMILES string of the molecule is C/C=N\C(=C(\C)NC)C(C)C. The van der Waals surface area contributed by atoms with E-state index in [1.54, 1.807) is 0 Å². The number of hydrogen-bond donors (Lipinski definition) is 1. The summed E-state index contributed by atoms with van der Waals surface area (Å²) in [6, 6.07) is 0. The molecule has 0 fully saturated rings. The average Bonchev–Trinajstić information content (AvgIpc) is 1.98. The van der Waals surface area contributed by atoms with E-state index < -0.39 is 0 Å². The molecular weight excluding hydrogens is 136 g/mol. The Kier molecular flexibility index (Phi) is 4.59. The van der Waals surface area contributed by atoms with E-state index in [9.17, 15) is 0 Å². The van der Waals surface area contributed by atoms with Crippen LogP contribution in [-0.2, 0) is 0 Å². The summed E-state index contributed by atoms with van der Waals surface area (Å²) in [6.07, 6.45) is 1.83. The molecule has 0 atom stereocenters. The zero-order valence-electron chi connectivity index (χ0n) is 8.10. The van der Waals surface area contributed by atoms with Crippen LogP contribution in [0.2, 0.25) is 0 Å². The second-order valence-corrected chi connectivity index (χ2v) is 2.80. The van der Waals surface area contributed by atoms with Crippen LogP contribution in [0.3, 0.4) is 0 Å². The molecular formula is C9H18N2. The molecule has 0 aliphatic carbocycles. The fraction of sp³-hybridized carbons (Fsp3) is 0.667. The lowest BCUT2D eigenvalue weighted by atomic mass is 10.1. The molecule has 0 aliphatic heterocycles. The van der Waals surface area contributed by atoms with E-state index in [0.717, 1.165) is 11.4 Å². The maximum atomic E-state index is 4.29. The summed E-state index contributed by atoms with van der Waals surface area (Å²) in [4.78, 5) is 4.29. The first-order valence-corrected chi connectivity index (χ1v) is 4.00. The number of aliphatic imine (C=N–C) groups is 1. The van der Waals surface area contributed by atoms with Crippen LogP contribution in [0.15, 0.2) is 16.4 Å². The van der Waals surface area contributed by atoms with Crippen molar-refractivity contribution in [2.45, 2.75) is 27.7 Å². The largest absolute Gasteiger partial charge is 0.390 e. The third-order valence-corrected chi connectivity index (χ3v) is 1.57. The normalized spacial score (nSPS) is 14.0. The second kappa shape index (κ2) is 4.94. The molecule has 0 aromatic rings. The van der Waals surface area contributed by atoms with Gasteiger partial charge in [0.2, 0.25) is 0 Å². The third-order valence-electron chi connectivity index (χ3n) is 1.57. The second-order valence-electron chi connectivity index (χ2n) is 2.80. The summed E-state index contributed by atoms with van der Waals surface area (Å²) in [6.45, 7) is 8.26. The molecule has 0 bridgehead atoms. The van der Waals surface area contributed by atoms with Crippen LogP contribution in [0.4, 0.5) is 0 Å². The molecule has 0 aromatic carbocycles. The Hall–Kier alpha value is -0.790. The number of nitrogens with one attached hydrogen (secondary N) is 1. The van der Waals surface area contributed by atoms with E-state index in [1.165, 1.54) is 0 Å². The van der Waals surface area contributed by atoms with Crippen molar-refractivity contribution >= 4 is 6.21 Å². The van der Waals surface area contributed by atoms with Crippen LogP contribution in [0, 0.1) is 5.92 Å². The minimum atomic E-state index is 0.485. The molecule has 64 valence electrons. The Morgan fingerprint density at radius 1 is 1.45 bits per heavy atom. The van der Waals surface area contributed by atoms with E-state index in [4.69, 9.17) is 0 Å². The smallest absolute Gasteiger partial charge is 0.0610 e. The van der Waals surface area contributed by atoms with Gasteiger partial charge in [0, 0.05) is 19.0 Å². The van der Waals surface area contributed by atoms with Crippen LogP contribution >= 0.6 is 0 Å². The van der Waals surface area contributed by atoms with E-state index in [-0.39, 0.29) is 0 Å². The predicted molar refractivity (Wildman–Crippen MR) is 50.8 cm³/mol. The Morgan fingerprint density at radius 3 is 2.27 bits per heavy atom. The van der Waals surface area contributed by atoms with Crippen molar-refractivity contribution < 1.29 is 0 Å². The molecule has 0 aliphatic rings. The molecule has 2 heteroatoms. The van der Waals surface area contributed by atoms with Gasteiger partial charge in [0.05, 0.1) is 5.70 Å². The molecule has 2 nitrogen and oxygen atoms in total. The zero-order chi connectivity index (χ0) is 8.85. The molecule has 0 aromatic heterocycles. The van der Waals surface area contributed by atoms with Gasteiger partial charge >= 0.3 is 0 Å². The highest BCUT2D eigenvalue weighted by atomic mass is 14.9. The van der Waals surface area contributed by atoms with E-state index in [2.05, 4.69) is 24.2 Å². The van der Waals surface area contributed by atoms with Crippen molar-refractivity contribution in [1.82, 2.24) is 5.32 Å². The van der Waals surface area contributed by atoms with Gasteiger partial charge in [-0.2, -0.15) is 0 Å². The van der Waals surface area contributed by atoms with Crippen LogP contribution in [-0.4, -0.2) is 13.3 Å². The molecule has 0 heterocycles. The predicted octanol–water partition coefficient (Wildman–Crippen LogP) is 2.18. The van der Waals surface area contributed by atoms with Crippen molar-refractivity contribution in [3.63, 3.8) is 0 Å². The Morgan fingerprint density at radius 2 is 2.00 bits per heavy atom. The lowest BCUT2D eigenvalue weighted by Crippen LogP contribution is -2.08. The monoisotopic (exact) mass is 154 g/mol. The van der Waals surface area contributed by atoms with Gasteiger partial charge in [-0.1, -0.05) is 13.8 Å². The standard InChI is InChI=1S/C9H18N2/c1-6-11-9(7(2)3)8(4)10-5/h6-7,10H,1-5H3/b9-8-,11-6-. The molecule has 0 unspecified atom stereocenters. The van der Waals surface area contributed by atoms with Gasteiger partial charge in [-0.05, 0) is 19.8 Å². The number of rotatable bonds is 3. The molecule has 0 spiro atoms. The van der Waals surface area contributed by atoms with Crippen molar-refractivity contribution in [3.05, 3.63) is 11.4 Å². The van der Waals surface area contributed by atoms with Gasteiger partial charge in [-0.15, -0.1) is 0 Å². The van der Waals surface area contributed by atoms with Crippen LogP contribution in [0.5, 0.6) is 0 Å². The first-order chi connectivity index (χ1) is 5.13. The van der Waals surface area contributed by atoms with E-state index in [0.29, 0.717) is 5.92 Å². The number of allylic oxidation sites excluding steroid dienone is 2. The molecule has 0 amide bonds. The van der Waals surface area contributed by atoms with Gasteiger partial charge < -0.3 is 5.32 Å². The molecule has 0 radical (unpaired) electrons. The van der Waals surface area contributed by atoms with Crippen LogP contribution in [0.1, 0.15) is 27.7 Å². The van der Waals surface area contributed by atoms with Crippen molar-refractivity contribution in [2.24, 2.45) is 10.9 Å². The van der Waals surface area contributed by atoms with Crippen molar-refractivity contribution in [1.29, 1.82) is 0 Å². The maximum Gasteiger partial charge on any atom is 0.0610 e. The van der Waals surface area contributed by atoms with Gasteiger partial charge in [0.25, 0.3) is 0 Å². The zero-order valence-corrected chi connectivity index (χ0v) is 8.10. The molecule has 0 saturated heterocycles. The Labute approximate surface area is 69.4 Å². The Bertz CT molecular complexity index is 166. The fourth-order valence-corrected chi connectivity index (χ4v) is 0.946. The highest BCUT2D eigenvalue weighted by Crippen LogP contribution is 2.13. The summed E-state index contributed by atoms with van der Waals surface area (Å²) < 4.78 is 0. The Balaban J connectivity index is 4.57. The highest BCUT2D eigenvalue weighted by Gasteiger charge is 2.03. The summed E-state index contributed by atoms with van der Waals surface area (Å²) in [5.74, 6) is 0.485. The lowest BCUT2D eigenvalue weighted by molar-refractivity contribution is 0.728. The maximum absolute atomic E-state index is 4.29. The number of nitrogens with zero attached hydrogens (tertiary/aromatic N) is 1. The molecule has 11 heavy (non-hydrogen) atoms. The fourth-order valence-electron chi connectivity index (χ4n) is 0.946. The van der Waals surface area contributed by atoms with E-state index >= 15 is 0 Å². The lowest BCUT2D eigenvalue weighted by Gasteiger charge is -2.10. The van der Waals surface area contributed by atoms with Crippen LogP contribution in [0.25, 0.3) is 0 Å². The topological polar surface area (TPSA) is 24.4 Å². The summed E-state index contributed by atoms with van der Waals surface area (Å²) >= 11 is 0.